The third-order valence-corrected chi connectivity index (χ3v) is 6.82. The number of benzene rings is 1. The van der Waals surface area contributed by atoms with Gasteiger partial charge in [0.25, 0.3) is 0 Å². The predicted octanol–water partition coefficient (Wildman–Crippen LogP) is 4.68. The molecular weight excluding hydrogens is 415 g/mol. The normalized spacial score (nSPS) is 16.7. The second-order valence-electron chi connectivity index (χ2n) is 8.30. The van der Waals surface area contributed by atoms with Crippen LogP contribution < -0.4 is 4.74 Å². The lowest BCUT2D eigenvalue weighted by molar-refractivity contribution is -0.146. The lowest BCUT2D eigenvalue weighted by atomic mass is 10.00. The first-order valence-electron chi connectivity index (χ1n) is 10.9. The first-order chi connectivity index (χ1) is 14.8. The van der Waals surface area contributed by atoms with Crippen LogP contribution in [-0.2, 0) is 16.0 Å². The highest BCUT2D eigenvalue weighted by Crippen LogP contribution is 2.34. The van der Waals surface area contributed by atoms with Gasteiger partial charge in [-0.25, -0.2) is 4.39 Å². The largest absolute Gasteiger partial charge is 0.491 e. The fraction of sp³-hybridized carbons (Fsp3) is 0.500. The lowest BCUT2D eigenvalue weighted by Gasteiger charge is -2.38. The quantitative estimate of drug-likeness (QED) is 0.592. The maximum Gasteiger partial charge on any atom is 0.242 e. The van der Waals surface area contributed by atoms with E-state index in [0.29, 0.717) is 12.3 Å². The number of hydrogen-bond donors (Lipinski definition) is 0. The number of carbonyl (C=O) groups is 2. The molecule has 3 rings (SSSR count). The van der Waals surface area contributed by atoms with Crippen LogP contribution in [-0.4, -0.2) is 47.4 Å². The Bertz CT molecular complexity index is 914. The van der Waals surface area contributed by atoms with Gasteiger partial charge in [-0.2, -0.15) is 0 Å². The minimum Gasteiger partial charge on any atom is -0.491 e. The molecule has 0 bridgehead atoms. The molecule has 0 spiro atoms. The monoisotopic (exact) mass is 446 g/mol. The van der Waals surface area contributed by atoms with E-state index in [4.69, 9.17) is 4.74 Å². The van der Waals surface area contributed by atoms with Gasteiger partial charge >= 0.3 is 0 Å². The molecule has 1 aromatic heterocycles. The van der Waals surface area contributed by atoms with E-state index in [-0.39, 0.29) is 48.8 Å². The number of nitrogens with zero attached hydrogens (tertiary/aromatic N) is 2. The van der Waals surface area contributed by atoms with Crippen LogP contribution in [0.15, 0.2) is 35.7 Å². The summed E-state index contributed by atoms with van der Waals surface area (Å²) >= 11 is 1.68. The molecule has 0 N–H and O–H groups in total. The molecule has 5 nitrogen and oxygen atoms in total. The van der Waals surface area contributed by atoms with Gasteiger partial charge < -0.3 is 14.5 Å². The van der Waals surface area contributed by atoms with Gasteiger partial charge in [0.05, 0.1) is 6.04 Å². The smallest absolute Gasteiger partial charge is 0.242 e. The molecule has 0 saturated carbocycles. The van der Waals surface area contributed by atoms with Gasteiger partial charge in [-0.15, -0.1) is 11.3 Å². The number of fused-ring (bicyclic) bond motifs is 1. The first kappa shape index (κ1) is 23.3. The standard InChI is InChI=1S/C24H31FN2O3S/c1-5-17(4)27(24(29)16(2)3)14-23(28)26-11-9-22-20(10-12-31-22)21(26)15-30-19-8-6-7-18(25)13-19/h6-8,10,12-13,16-17,21H,5,9,11,14-15H2,1-4H3. The Hall–Kier alpha value is -2.41. The molecule has 2 atom stereocenters. The van der Waals surface area contributed by atoms with Crippen LogP contribution in [0.1, 0.15) is 50.6 Å². The highest BCUT2D eigenvalue weighted by Gasteiger charge is 2.34. The molecule has 7 heteroatoms. The summed E-state index contributed by atoms with van der Waals surface area (Å²) < 4.78 is 19.4. The molecule has 0 radical (unpaired) electrons. The Morgan fingerprint density at radius 2 is 2.06 bits per heavy atom. The van der Waals surface area contributed by atoms with Crippen molar-refractivity contribution >= 4 is 23.2 Å². The van der Waals surface area contributed by atoms with Gasteiger partial charge in [0.15, 0.2) is 0 Å². The summed E-state index contributed by atoms with van der Waals surface area (Å²) in [6.07, 6.45) is 1.57. The Kier molecular flexibility index (Phi) is 7.70. The Morgan fingerprint density at radius 3 is 2.74 bits per heavy atom. The van der Waals surface area contributed by atoms with Crippen molar-refractivity contribution in [3.8, 4) is 5.75 Å². The summed E-state index contributed by atoms with van der Waals surface area (Å²) in [5.74, 6) is -0.186. The zero-order valence-corrected chi connectivity index (χ0v) is 19.5. The van der Waals surface area contributed by atoms with E-state index >= 15 is 0 Å². The molecule has 31 heavy (non-hydrogen) atoms. The number of amides is 2. The Balaban J connectivity index is 1.80. The molecule has 1 aliphatic heterocycles. The van der Waals surface area contributed by atoms with E-state index < -0.39 is 0 Å². The van der Waals surface area contributed by atoms with E-state index in [9.17, 15) is 14.0 Å². The lowest BCUT2D eigenvalue weighted by Crippen LogP contribution is -2.50. The van der Waals surface area contributed by atoms with Crippen molar-refractivity contribution in [3.63, 3.8) is 0 Å². The highest BCUT2D eigenvalue weighted by molar-refractivity contribution is 7.10. The molecule has 2 unspecified atom stereocenters. The Labute approximate surface area is 187 Å². The van der Waals surface area contributed by atoms with Crippen molar-refractivity contribution in [2.45, 2.75) is 52.6 Å². The zero-order valence-electron chi connectivity index (χ0n) is 18.6. The molecule has 0 aliphatic carbocycles. The average Bonchev–Trinajstić information content (AvgIpc) is 3.23. The van der Waals surface area contributed by atoms with Crippen LogP contribution in [0, 0.1) is 11.7 Å². The third-order valence-electron chi connectivity index (χ3n) is 5.82. The number of rotatable bonds is 8. The van der Waals surface area contributed by atoms with Gasteiger partial charge in [-0.05, 0) is 48.9 Å². The number of halogens is 1. The summed E-state index contributed by atoms with van der Waals surface area (Å²) in [4.78, 5) is 30.9. The number of thiophene rings is 1. The van der Waals surface area contributed by atoms with Gasteiger partial charge in [0, 0.05) is 29.4 Å². The van der Waals surface area contributed by atoms with E-state index in [2.05, 4.69) is 0 Å². The molecular formula is C24H31FN2O3S. The SMILES string of the molecule is CCC(C)N(CC(=O)N1CCc2sccc2C1COc1cccc(F)c1)C(=O)C(C)C. The molecule has 2 aromatic rings. The van der Waals surface area contributed by atoms with E-state index in [0.717, 1.165) is 18.4 Å². The molecule has 0 saturated heterocycles. The van der Waals surface area contributed by atoms with Gasteiger partial charge in [0.2, 0.25) is 11.8 Å². The number of hydrogen-bond acceptors (Lipinski definition) is 4. The molecule has 168 valence electrons. The van der Waals surface area contributed by atoms with Gasteiger partial charge in [-0.1, -0.05) is 26.8 Å². The maximum absolute atomic E-state index is 13.5. The minimum atomic E-state index is -0.360. The third kappa shape index (κ3) is 5.45. The number of ether oxygens (including phenoxy) is 1. The Morgan fingerprint density at radius 1 is 1.29 bits per heavy atom. The van der Waals surface area contributed by atoms with Crippen LogP contribution in [0.2, 0.25) is 0 Å². The maximum atomic E-state index is 13.5. The zero-order chi connectivity index (χ0) is 22.5. The fourth-order valence-electron chi connectivity index (χ4n) is 3.85. The van der Waals surface area contributed by atoms with Gasteiger partial charge in [0.1, 0.15) is 24.7 Å². The molecule has 2 heterocycles. The van der Waals surface area contributed by atoms with Crippen molar-refractivity contribution in [1.82, 2.24) is 9.80 Å². The molecule has 1 aromatic carbocycles. The van der Waals surface area contributed by atoms with Crippen molar-refractivity contribution in [1.29, 1.82) is 0 Å². The number of carbonyl (C=O) groups excluding carboxylic acids is 2. The van der Waals surface area contributed by atoms with Crippen molar-refractivity contribution < 1.29 is 18.7 Å². The predicted molar refractivity (Wildman–Crippen MR) is 121 cm³/mol. The van der Waals surface area contributed by atoms with Crippen LogP contribution in [0.5, 0.6) is 5.75 Å². The summed E-state index contributed by atoms with van der Waals surface area (Å²) in [6, 6.07) is 7.78. The van der Waals surface area contributed by atoms with Crippen LogP contribution in [0.4, 0.5) is 4.39 Å². The summed E-state index contributed by atoms with van der Waals surface area (Å²) in [5, 5.41) is 2.03. The second kappa shape index (κ2) is 10.3. The first-order valence-corrected chi connectivity index (χ1v) is 11.7. The van der Waals surface area contributed by atoms with E-state index in [1.807, 2.05) is 44.0 Å². The second-order valence-corrected chi connectivity index (χ2v) is 9.30. The molecule has 0 fully saturated rings. The van der Waals surface area contributed by atoms with Crippen LogP contribution in [0.3, 0.4) is 0 Å². The van der Waals surface area contributed by atoms with Crippen molar-refractivity contribution in [2.75, 3.05) is 19.7 Å². The van der Waals surface area contributed by atoms with Crippen LogP contribution >= 0.6 is 11.3 Å². The molecule has 2 amide bonds. The molecule has 1 aliphatic rings. The van der Waals surface area contributed by atoms with Crippen molar-refractivity contribution in [3.05, 3.63) is 52.0 Å². The minimum absolute atomic E-state index is 0.0107. The summed E-state index contributed by atoms with van der Waals surface area (Å²) in [6.45, 7) is 8.58. The van der Waals surface area contributed by atoms with E-state index in [1.54, 1.807) is 28.4 Å². The fourth-order valence-corrected chi connectivity index (χ4v) is 4.77. The highest BCUT2D eigenvalue weighted by atomic mass is 32.1. The average molecular weight is 447 g/mol. The summed E-state index contributed by atoms with van der Waals surface area (Å²) in [7, 11) is 0. The van der Waals surface area contributed by atoms with Gasteiger partial charge in [-0.3, -0.25) is 9.59 Å². The van der Waals surface area contributed by atoms with Crippen LogP contribution in [0.25, 0.3) is 0 Å². The summed E-state index contributed by atoms with van der Waals surface area (Å²) in [5.41, 5.74) is 1.08. The van der Waals surface area contributed by atoms with Crippen molar-refractivity contribution in [2.24, 2.45) is 5.92 Å². The van der Waals surface area contributed by atoms with E-state index in [1.165, 1.54) is 17.0 Å². The topological polar surface area (TPSA) is 49.9 Å².